The van der Waals surface area contributed by atoms with Crippen LogP contribution in [0.4, 0.5) is 0 Å². The van der Waals surface area contributed by atoms with Crippen molar-refractivity contribution in [3.05, 3.63) is 84.9 Å². The molecule has 0 unspecified atom stereocenters. The number of aromatic nitrogens is 2. The van der Waals surface area contributed by atoms with Gasteiger partial charge in [-0.3, -0.25) is 4.90 Å². The molecule has 4 heteroatoms. The fraction of sp³-hybridized carbons (Fsp3) is 0.250. The van der Waals surface area contributed by atoms with E-state index < -0.39 is 0 Å². The lowest BCUT2D eigenvalue weighted by Gasteiger charge is -2.26. The highest BCUT2D eigenvalue weighted by atomic mass is 16.5. The first kappa shape index (κ1) is 20.5. The van der Waals surface area contributed by atoms with Gasteiger partial charge in [-0.2, -0.15) is 0 Å². The summed E-state index contributed by atoms with van der Waals surface area (Å²) < 4.78 is 5.99. The summed E-state index contributed by atoms with van der Waals surface area (Å²) in [4.78, 5) is 11.0. The third-order valence-electron chi connectivity index (χ3n) is 6.07. The molecule has 1 aliphatic rings. The van der Waals surface area contributed by atoms with Crippen LogP contribution in [0.3, 0.4) is 0 Å². The molecule has 0 spiro atoms. The second-order valence-electron chi connectivity index (χ2n) is 8.32. The Hall–Kier alpha value is -3.37. The predicted molar refractivity (Wildman–Crippen MR) is 131 cm³/mol. The van der Waals surface area contributed by atoms with Crippen LogP contribution < -0.4 is 4.74 Å². The van der Waals surface area contributed by atoms with E-state index >= 15 is 0 Å². The van der Waals surface area contributed by atoms with Gasteiger partial charge in [-0.25, -0.2) is 4.98 Å². The van der Waals surface area contributed by atoms with E-state index in [4.69, 9.17) is 9.72 Å². The van der Waals surface area contributed by atoms with Crippen LogP contribution in [-0.4, -0.2) is 41.1 Å². The summed E-state index contributed by atoms with van der Waals surface area (Å²) in [7, 11) is 0. The molecule has 5 rings (SSSR count). The lowest BCUT2D eigenvalue weighted by atomic mass is 10.1. The van der Waals surface area contributed by atoms with E-state index in [1.807, 2.05) is 24.3 Å². The van der Waals surface area contributed by atoms with Gasteiger partial charge in [-0.15, -0.1) is 0 Å². The molecule has 1 aromatic heterocycles. The minimum atomic E-state index is 0.733. The van der Waals surface area contributed by atoms with E-state index in [1.54, 1.807) is 0 Å². The molecular formula is C28H29N3O. The van der Waals surface area contributed by atoms with Crippen LogP contribution in [0.2, 0.25) is 0 Å². The van der Waals surface area contributed by atoms with Crippen LogP contribution in [0.5, 0.6) is 5.75 Å². The number of hydrogen-bond donors (Lipinski definition) is 1. The minimum absolute atomic E-state index is 0.733. The van der Waals surface area contributed by atoms with Gasteiger partial charge in [0.05, 0.1) is 11.4 Å². The summed E-state index contributed by atoms with van der Waals surface area (Å²) in [6.45, 7) is 4.14. The molecule has 1 fully saturated rings. The molecule has 4 aromatic rings. The summed E-state index contributed by atoms with van der Waals surface area (Å²) in [6, 6.07) is 29.0. The summed E-state index contributed by atoms with van der Waals surface area (Å²) in [5, 5.41) is 0. The van der Waals surface area contributed by atoms with E-state index in [-0.39, 0.29) is 0 Å². The highest BCUT2D eigenvalue weighted by Gasteiger charge is 2.15. The SMILES string of the molecule is c1ccc(-c2nc(-c3ccc(OCCN4CCCCC4)cc3)[nH]c2-c2ccccc2)cc1. The Kier molecular flexibility index (Phi) is 6.31. The third-order valence-corrected chi connectivity index (χ3v) is 6.07. The van der Waals surface area contributed by atoms with Crippen molar-refractivity contribution in [3.8, 4) is 39.7 Å². The molecule has 3 aromatic carbocycles. The zero-order valence-electron chi connectivity index (χ0n) is 18.3. The van der Waals surface area contributed by atoms with Crippen LogP contribution in [0.25, 0.3) is 33.9 Å². The number of benzene rings is 3. The van der Waals surface area contributed by atoms with Gasteiger partial charge in [0.2, 0.25) is 0 Å². The Morgan fingerprint density at radius 1 is 0.719 bits per heavy atom. The fourth-order valence-electron chi connectivity index (χ4n) is 4.31. The first-order valence-corrected chi connectivity index (χ1v) is 11.5. The van der Waals surface area contributed by atoms with Gasteiger partial charge >= 0.3 is 0 Å². The smallest absolute Gasteiger partial charge is 0.138 e. The lowest BCUT2D eigenvalue weighted by molar-refractivity contribution is 0.183. The zero-order valence-corrected chi connectivity index (χ0v) is 18.3. The number of likely N-dealkylation sites (tertiary alicyclic amines) is 1. The maximum Gasteiger partial charge on any atom is 0.138 e. The average molecular weight is 424 g/mol. The van der Waals surface area contributed by atoms with Gasteiger partial charge in [0, 0.05) is 23.2 Å². The largest absolute Gasteiger partial charge is 0.492 e. The number of piperidine rings is 1. The van der Waals surface area contributed by atoms with Gasteiger partial charge in [-0.1, -0.05) is 67.1 Å². The molecule has 162 valence electrons. The molecule has 0 saturated carbocycles. The molecule has 1 N–H and O–H groups in total. The topological polar surface area (TPSA) is 41.1 Å². The zero-order chi connectivity index (χ0) is 21.6. The molecule has 4 nitrogen and oxygen atoms in total. The van der Waals surface area contributed by atoms with Crippen LogP contribution in [-0.2, 0) is 0 Å². The number of nitrogens with zero attached hydrogens (tertiary/aromatic N) is 2. The summed E-state index contributed by atoms with van der Waals surface area (Å²) in [6.07, 6.45) is 3.99. The van der Waals surface area contributed by atoms with E-state index in [1.165, 1.54) is 32.4 Å². The monoisotopic (exact) mass is 423 g/mol. The lowest BCUT2D eigenvalue weighted by Crippen LogP contribution is -2.33. The van der Waals surface area contributed by atoms with E-state index in [9.17, 15) is 0 Å². The molecule has 32 heavy (non-hydrogen) atoms. The van der Waals surface area contributed by atoms with Crippen molar-refractivity contribution in [1.29, 1.82) is 0 Å². The van der Waals surface area contributed by atoms with Gasteiger partial charge < -0.3 is 9.72 Å². The molecule has 1 saturated heterocycles. The molecular weight excluding hydrogens is 394 g/mol. The second kappa shape index (κ2) is 9.84. The van der Waals surface area contributed by atoms with Crippen molar-refractivity contribution >= 4 is 0 Å². The van der Waals surface area contributed by atoms with Crippen molar-refractivity contribution in [1.82, 2.24) is 14.9 Å². The van der Waals surface area contributed by atoms with Crippen LogP contribution in [0.1, 0.15) is 19.3 Å². The Bertz CT molecular complexity index is 1060. The van der Waals surface area contributed by atoms with Crippen molar-refractivity contribution in [3.63, 3.8) is 0 Å². The molecule has 0 aliphatic carbocycles. The molecule has 0 bridgehead atoms. The second-order valence-corrected chi connectivity index (χ2v) is 8.32. The van der Waals surface area contributed by atoms with Crippen molar-refractivity contribution < 1.29 is 4.74 Å². The first-order valence-electron chi connectivity index (χ1n) is 11.5. The highest BCUT2D eigenvalue weighted by molar-refractivity contribution is 5.81. The standard InChI is InChI=1S/C28H29N3O/c1-4-10-22(11-5-1)26-27(23-12-6-2-7-13-23)30-28(29-26)24-14-16-25(17-15-24)32-21-20-31-18-8-3-9-19-31/h1-2,4-7,10-17H,3,8-9,18-21H2,(H,29,30). The van der Waals surface area contributed by atoms with Crippen LogP contribution in [0.15, 0.2) is 84.9 Å². The summed E-state index contributed by atoms with van der Waals surface area (Å²) in [5.74, 6) is 1.77. The normalized spacial score (nSPS) is 14.4. The maximum atomic E-state index is 5.99. The first-order chi connectivity index (χ1) is 15.9. The third kappa shape index (κ3) is 4.76. The molecule has 1 aliphatic heterocycles. The number of rotatable bonds is 7. The Morgan fingerprint density at radius 2 is 1.38 bits per heavy atom. The van der Waals surface area contributed by atoms with Crippen molar-refractivity contribution in [2.45, 2.75) is 19.3 Å². The van der Waals surface area contributed by atoms with E-state index in [0.717, 1.165) is 52.8 Å². The van der Waals surface area contributed by atoms with Crippen molar-refractivity contribution in [2.75, 3.05) is 26.2 Å². The number of aromatic amines is 1. The Labute approximate surface area is 189 Å². The number of H-pyrrole nitrogens is 1. The molecule has 0 radical (unpaired) electrons. The fourth-order valence-corrected chi connectivity index (χ4v) is 4.31. The average Bonchev–Trinajstić information content (AvgIpc) is 3.32. The number of imidazole rings is 1. The molecule has 0 atom stereocenters. The molecule has 2 heterocycles. The van der Waals surface area contributed by atoms with Gasteiger partial charge in [0.25, 0.3) is 0 Å². The summed E-state index contributed by atoms with van der Waals surface area (Å²) >= 11 is 0. The highest BCUT2D eigenvalue weighted by Crippen LogP contribution is 2.33. The van der Waals surface area contributed by atoms with Crippen molar-refractivity contribution in [2.24, 2.45) is 0 Å². The van der Waals surface area contributed by atoms with E-state index in [2.05, 4.69) is 70.5 Å². The minimum Gasteiger partial charge on any atom is -0.492 e. The number of hydrogen-bond acceptors (Lipinski definition) is 3. The number of ether oxygens (including phenoxy) is 1. The van der Waals surface area contributed by atoms with Gasteiger partial charge in [-0.05, 0) is 50.2 Å². The Morgan fingerprint density at radius 3 is 2.06 bits per heavy atom. The van der Waals surface area contributed by atoms with Crippen LogP contribution >= 0.6 is 0 Å². The van der Waals surface area contributed by atoms with Gasteiger partial charge in [0.1, 0.15) is 18.2 Å². The summed E-state index contributed by atoms with van der Waals surface area (Å²) in [5.41, 5.74) is 5.28. The number of nitrogens with one attached hydrogen (secondary N) is 1. The predicted octanol–water partition coefficient (Wildman–Crippen LogP) is 6.28. The van der Waals surface area contributed by atoms with E-state index in [0.29, 0.717) is 0 Å². The van der Waals surface area contributed by atoms with Crippen LogP contribution in [0, 0.1) is 0 Å². The maximum absolute atomic E-state index is 5.99. The Balaban J connectivity index is 1.34. The molecule has 0 amide bonds. The quantitative estimate of drug-likeness (QED) is 0.381. The van der Waals surface area contributed by atoms with Gasteiger partial charge in [0.15, 0.2) is 0 Å².